The Morgan fingerprint density at radius 3 is 2.23 bits per heavy atom. The second kappa shape index (κ2) is 11.6. The molecule has 5 aliphatic heterocycles. The number of aliphatic hydroxyl groups is 1. The van der Waals surface area contributed by atoms with E-state index in [0.29, 0.717) is 57.4 Å². The first kappa shape index (κ1) is 29.9. The third kappa shape index (κ3) is 5.28. The summed E-state index contributed by atoms with van der Waals surface area (Å²) in [6.45, 7) is 11.8. The summed E-state index contributed by atoms with van der Waals surface area (Å²) < 4.78 is 10.1. The molecule has 0 spiro atoms. The fraction of sp³-hybridized carbons (Fsp3) is 0.382. The zero-order chi connectivity index (χ0) is 31.2. The molecule has 0 radical (unpaired) electrons. The Hall–Kier alpha value is -4.53. The van der Waals surface area contributed by atoms with E-state index >= 15 is 0 Å². The van der Waals surface area contributed by atoms with Crippen LogP contribution in [0.1, 0.15) is 60.8 Å². The van der Waals surface area contributed by atoms with Crippen molar-refractivity contribution in [2.24, 2.45) is 26.8 Å². The number of carbonyl (C=O) groups is 2. The molecule has 1 saturated heterocycles. The maximum absolute atomic E-state index is 13.0. The summed E-state index contributed by atoms with van der Waals surface area (Å²) in [5.74, 6) is -0.236. The zero-order valence-electron chi connectivity index (χ0n) is 26.0. The Bertz CT molecular complexity index is 1680. The lowest BCUT2D eigenvalue weighted by molar-refractivity contribution is -0.140. The monoisotopic (exact) mass is 582 g/mol. The SMILES string of the molecule is CC[C@H]1C2=CC3=NC(=CC4=NC(=CC5=C(C)/C(=C(\C)O)C(=N5)C=C(N2)[C@@H]1C)C(C)=C4CCC(=O)OC)C(C(=O)OC)=C3C. The van der Waals surface area contributed by atoms with Gasteiger partial charge in [0.2, 0.25) is 0 Å². The van der Waals surface area contributed by atoms with Crippen LogP contribution in [0.25, 0.3) is 0 Å². The van der Waals surface area contributed by atoms with Crippen LogP contribution in [0.2, 0.25) is 0 Å². The highest BCUT2D eigenvalue weighted by molar-refractivity contribution is 6.20. The number of aliphatic hydroxyl groups excluding tert-OH is 1. The molecule has 43 heavy (non-hydrogen) atoms. The summed E-state index contributed by atoms with van der Waals surface area (Å²) in [4.78, 5) is 40.0. The van der Waals surface area contributed by atoms with Gasteiger partial charge in [0.05, 0.1) is 59.8 Å². The molecule has 0 unspecified atom stereocenters. The van der Waals surface area contributed by atoms with Crippen LogP contribution in [-0.2, 0) is 19.1 Å². The minimum absolute atomic E-state index is 0.170. The highest BCUT2D eigenvalue weighted by Crippen LogP contribution is 2.40. The Balaban J connectivity index is 1.79. The van der Waals surface area contributed by atoms with E-state index in [9.17, 15) is 14.7 Å². The number of aliphatic imine (C=N–C) groups is 3. The van der Waals surface area contributed by atoms with Crippen LogP contribution >= 0.6 is 0 Å². The topological polar surface area (TPSA) is 122 Å². The van der Waals surface area contributed by atoms with Crippen molar-refractivity contribution in [2.45, 2.75) is 60.8 Å². The number of nitrogens with zero attached hydrogens (tertiary/aromatic N) is 3. The van der Waals surface area contributed by atoms with Crippen LogP contribution in [0.15, 0.2) is 107 Å². The summed E-state index contributed by atoms with van der Waals surface area (Å²) in [7, 11) is 2.73. The van der Waals surface area contributed by atoms with Gasteiger partial charge < -0.3 is 19.9 Å². The largest absolute Gasteiger partial charge is 0.512 e. The summed E-state index contributed by atoms with van der Waals surface area (Å²) in [5, 5.41) is 14.3. The number of nitrogens with one attached hydrogen (secondary N) is 1. The lowest BCUT2D eigenvalue weighted by Crippen LogP contribution is -2.11. The van der Waals surface area contributed by atoms with E-state index in [0.717, 1.165) is 34.5 Å². The van der Waals surface area contributed by atoms with Crippen molar-refractivity contribution in [1.29, 1.82) is 0 Å². The predicted molar refractivity (Wildman–Crippen MR) is 167 cm³/mol. The summed E-state index contributed by atoms with van der Waals surface area (Å²) in [5.41, 5.74) is 10.2. The molecule has 0 amide bonds. The molecule has 0 saturated carbocycles. The highest BCUT2D eigenvalue weighted by atomic mass is 16.5. The van der Waals surface area contributed by atoms with Crippen LogP contribution < -0.4 is 5.32 Å². The predicted octanol–water partition coefficient (Wildman–Crippen LogP) is 6.03. The van der Waals surface area contributed by atoms with Gasteiger partial charge in [0.1, 0.15) is 0 Å². The average molecular weight is 583 g/mol. The third-order valence-electron chi connectivity index (χ3n) is 8.81. The Morgan fingerprint density at radius 2 is 1.58 bits per heavy atom. The molecular formula is C34H38N4O5. The van der Waals surface area contributed by atoms with Gasteiger partial charge in [0, 0.05) is 35.2 Å². The van der Waals surface area contributed by atoms with Gasteiger partial charge in [-0.1, -0.05) is 13.8 Å². The Kier molecular flexibility index (Phi) is 8.10. The normalized spacial score (nSPS) is 24.1. The maximum Gasteiger partial charge on any atom is 0.340 e. The first-order valence-electron chi connectivity index (χ1n) is 14.6. The van der Waals surface area contributed by atoms with E-state index in [4.69, 9.17) is 24.5 Å². The molecule has 5 aliphatic rings. The molecule has 9 nitrogen and oxygen atoms in total. The molecule has 0 aromatic heterocycles. The van der Waals surface area contributed by atoms with E-state index < -0.39 is 5.97 Å². The number of hydrogen-bond acceptors (Lipinski definition) is 9. The molecule has 9 heteroatoms. The Labute approximate surface area is 252 Å². The van der Waals surface area contributed by atoms with E-state index in [1.54, 1.807) is 13.0 Å². The molecule has 5 rings (SSSR count). The first-order valence-corrected chi connectivity index (χ1v) is 14.6. The lowest BCUT2D eigenvalue weighted by atomic mass is 9.89. The van der Waals surface area contributed by atoms with Crippen LogP contribution in [0.3, 0.4) is 0 Å². The summed E-state index contributed by atoms with van der Waals surface area (Å²) >= 11 is 0. The van der Waals surface area contributed by atoms with Gasteiger partial charge >= 0.3 is 11.9 Å². The number of methoxy groups -OCH3 is 2. The smallest absolute Gasteiger partial charge is 0.340 e. The van der Waals surface area contributed by atoms with Crippen LogP contribution in [0.4, 0.5) is 0 Å². The number of ether oxygens (including phenoxy) is 2. The van der Waals surface area contributed by atoms with Crippen molar-refractivity contribution in [3.05, 3.63) is 92.0 Å². The van der Waals surface area contributed by atoms with Crippen LogP contribution in [0, 0.1) is 11.8 Å². The number of carbonyl (C=O) groups excluding carboxylic acids is 2. The zero-order valence-corrected chi connectivity index (χ0v) is 26.0. The van der Waals surface area contributed by atoms with Gasteiger partial charge in [-0.15, -0.1) is 0 Å². The summed E-state index contributed by atoms with van der Waals surface area (Å²) in [6, 6.07) is 0. The molecule has 0 aliphatic carbocycles. The average Bonchev–Trinajstić information content (AvgIpc) is 3.64. The molecule has 224 valence electrons. The van der Waals surface area contributed by atoms with Gasteiger partial charge in [-0.25, -0.2) is 19.8 Å². The first-order chi connectivity index (χ1) is 20.5. The van der Waals surface area contributed by atoms with Crippen molar-refractivity contribution in [2.75, 3.05) is 14.2 Å². The number of rotatable bonds is 5. The molecule has 0 aromatic carbocycles. The van der Waals surface area contributed by atoms with E-state index in [2.05, 4.69) is 19.2 Å². The third-order valence-corrected chi connectivity index (χ3v) is 8.81. The van der Waals surface area contributed by atoms with Crippen molar-refractivity contribution in [3.8, 4) is 0 Å². The fourth-order valence-electron chi connectivity index (χ4n) is 6.32. The fourth-order valence-corrected chi connectivity index (χ4v) is 6.32. The molecule has 0 aromatic rings. The number of allylic oxidation sites excluding steroid dienone is 12. The van der Waals surface area contributed by atoms with Gasteiger partial charge in [0.15, 0.2) is 0 Å². The van der Waals surface area contributed by atoms with E-state index in [1.807, 2.05) is 39.0 Å². The lowest BCUT2D eigenvalue weighted by Gasteiger charge is -2.13. The quantitative estimate of drug-likeness (QED) is 0.302. The molecular weight excluding hydrogens is 544 g/mol. The van der Waals surface area contributed by atoms with Crippen molar-refractivity contribution >= 4 is 29.1 Å². The van der Waals surface area contributed by atoms with E-state index in [-0.39, 0.29) is 30.0 Å². The molecule has 2 N–H and O–H groups in total. The molecule has 1 fully saturated rings. The van der Waals surface area contributed by atoms with Crippen LogP contribution in [0.5, 0.6) is 0 Å². The standard InChI is InChI=1S/C34H38N4O5/c1-9-21-16(2)24-14-29-32(20(6)39)18(4)25(37-29)12-23-17(3)22(10-11-31(40)42-7)28(36-23)15-30-33(34(41)43-8)19(5)26(38-30)13-27(21)35-24/h12-16,21,35,39H,9-11H2,1-8H3/b23-12?,24-14?,27-13?,30-15?,32-20-/t16-,21-/m1/s1. The van der Waals surface area contributed by atoms with Gasteiger partial charge in [-0.2, -0.15) is 0 Å². The number of hydrogen-bond donors (Lipinski definition) is 2. The molecule has 8 bridgehead atoms. The van der Waals surface area contributed by atoms with Crippen molar-refractivity contribution in [1.82, 2.24) is 5.32 Å². The van der Waals surface area contributed by atoms with Gasteiger partial charge in [-0.05, 0) is 87.1 Å². The second-order valence-corrected chi connectivity index (χ2v) is 11.3. The summed E-state index contributed by atoms with van der Waals surface area (Å²) in [6.07, 6.45) is 9.20. The Morgan fingerprint density at radius 1 is 0.884 bits per heavy atom. The van der Waals surface area contributed by atoms with Gasteiger partial charge in [-0.3, -0.25) is 4.79 Å². The number of esters is 2. The maximum atomic E-state index is 13.0. The second-order valence-electron chi connectivity index (χ2n) is 11.3. The van der Waals surface area contributed by atoms with Gasteiger partial charge in [0.25, 0.3) is 0 Å². The number of fused-ring (bicyclic) bond motifs is 5. The molecule has 5 heterocycles. The molecule has 2 atom stereocenters. The van der Waals surface area contributed by atoms with Crippen molar-refractivity contribution < 1.29 is 24.2 Å². The van der Waals surface area contributed by atoms with E-state index in [1.165, 1.54) is 14.2 Å². The minimum Gasteiger partial charge on any atom is -0.512 e. The minimum atomic E-state index is -0.475. The van der Waals surface area contributed by atoms with Crippen molar-refractivity contribution in [3.63, 3.8) is 0 Å². The van der Waals surface area contributed by atoms with Crippen LogP contribution in [-0.4, -0.2) is 48.4 Å². The highest BCUT2D eigenvalue weighted by Gasteiger charge is 2.35.